The second kappa shape index (κ2) is 13.9. The number of rotatable bonds is 13. The fourth-order valence-corrected chi connectivity index (χ4v) is 3.01. The second-order valence-electron chi connectivity index (χ2n) is 5.71. The van der Waals surface area contributed by atoms with E-state index in [0.717, 1.165) is 11.4 Å². The minimum Gasteiger partial charge on any atom is -0.306 e. The van der Waals surface area contributed by atoms with E-state index in [1.165, 1.54) is 70.6 Å². The highest BCUT2D eigenvalue weighted by Gasteiger charge is 2.09. The molecule has 0 aliphatic rings. The summed E-state index contributed by atoms with van der Waals surface area (Å²) in [6, 6.07) is 0.772. The van der Waals surface area contributed by atoms with Gasteiger partial charge in [0.05, 0.1) is 0 Å². The molecule has 0 aliphatic carbocycles. The number of unbranched alkanes of at least 4 members (excludes halogenated alkanes) is 8. The summed E-state index contributed by atoms with van der Waals surface area (Å²) >= 11 is 3.56. The molecule has 0 aliphatic heterocycles. The monoisotopic (exact) mass is 319 g/mol. The molecule has 2 heteroatoms. The number of nitrogens with zero attached hydrogens (tertiary/aromatic N) is 1. The van der Waals surface area contributed by atoms with Crippen LogP contribution in [0.5, 0.6) is 0 Å². The van der Waals surface area contributed by atoms with Crippen molar-refractivity contribution < 1.29 is 0 Å². The summed E-state index contributed by atoms with van der Waals surface area (Å²) in [5.74, 6) is 0. The third-order valence-electron chi connectivity index (χ3n) is 3.81. The number of hydrogen-bond donors (Lipinski definition) is 0. The smallest absolute Gasteiger partial charge is 0.00971 e. The van der Waals surface area contributed by atoms with Crippen LogP contribution >= 0.6 is 15.9 Å². The molecule has 0 fully saturated rings. The number of halogens is 1. The largest absolute Gasteiger partial charge is 0.306 e. The SMILES string of the molecule is CCCCCCCCCCCC(CCBr)N(C)C. The van der Waals surface area contributed by atoms with E-state index >= 15 is 0 Å². The zero-order chi connectivity index (χ0) is 13.6. The zero-order valence-corrected chi connectivity index (χ0v) is 14.5. The fraction of sp³-hybridized carbons (Fsp3) is 1.00. The van der Waals surface area contributed by atoms with Gasteiger partial charge in [0.25, 0.3) is 0 Å². The first-order chi connectivity index (χ1) is 8.72. The summed E-state index contributed by atoms with van der Waals surface area (Å²) in [5.41, 5.74) is 0. The van der Waals surface area contributed by atoms with Gasteiger partial charge in [0, 0.05) is 11.4 Å². The summed E-state index contributed by atoms with van der Waals surface area (Å²) in [6.45, 7) is 2.29. The van der Waals surface area contributed by atoms with Crippen molar-refractivity contribution in [3.8, 4) is 0 Å². The normalized spacial score (nSPS) is 13.2. The predicted octanol–water partition coefficient (Wildman–Crippen LogP) is 5.62. The topological polar surface area (TPSA) is 3.24 Å². The van der Waals surface area contributed by atoms with Crippen molar-refractivity contribution in [3.63, 3.8) is 0 Å². The molecule has 0 saturated carbocycles. The van der Waals surface area contributed by atoms with Gasteiger partial charge >= 0.3 is 0 Å². The summed E-state index contributed by atoms with van der Waals surface area (Å²) in [6.07, 6.45) is 15.5. The molecule has 0 spiro atoms. The lowest BCUT2D eigenvalue weighted by Crippen LogP contribution is -2.28. The maximum Gasteiger partial charge on any atom is 0.00971 e. The molecule has 110 valence electrons. The third-order valence-corrected chi connectivity index (χ3v) is 4.27. The first-order valence-corrected chi connectivity index (χ1v) is 9.06. The Morgan fingerprint density at radius 2 is 1.28 bits per heavy atom. The number of hydrogen-bond acceptors (Lipinski definition) is 1. The summed E-state index contributed by atoms with van der Waals surface area (Å²) in [7, 11) is 4.42. The summed E-state index contributed by atoms with van der Waals surface area (Å²) in [4.78, 5) is 2.38. The van der Waals surface area contributed by atoms with Crippen LogP contribution in [0, 0.1) is 0 Å². The fourth-order valence-electron chi connectivity index (χ4n) is 2.48. The first-order valence-electron chi connectivity index (χ1n) is 7.94. The first kappa shape index (κ1) is 18.4. The molecule has 1 atom stereocenters. The van der Waals surface area contributed by atoms with Gasteiger partial charge < -0.3 is 4.90 Å². The standard InChI is InChI=1S/C16H34BrN/c1-4-5-6-7-8-9-10-11-12-13-16(14-15-17)18(2)3/h16H,4-15H2,1-3H3. The zero-order valence-electron chi connectivity index (χ0n) is 12.9. The van der Waals surface area contributed by atoms with Crippen molar-refractivity contribution in [2.24, 2.45) is 0 Å². The molecule has 0 aromatic heterocycles. The molecule has 0 heterocycles. The Morgan fingerprint density at radius 3 is 1.72 bits per heavy atom. The van der Waals surface area contributed by atoms with Gasteiger partial charge in [-0.25, -0.2) is 0 Å². The van der Waals surface area contributed by atoms with Gasteiger partial charge in [0.2, 0.25) is 0 Å². The molecule has 0 aromatic rings. The van der Waals surface area contributed by atoms with Crippen LogP contribution in [0.4, 0.5) is 0 Å². The maximum absolute atomic E-state index is 3.56. The summed E-state index contributed by atoms with van der Waals surface area (Å²) < 4.78 is 0. The van der Waals surface area contributed by atoms with Crippen LogP contribution in [0.1, 0.15) is 77.6 Å². The molecular weight excluding hydrogens is 286 g/mol. The molecule has 0 aromatic carbocycles. The van der Waals surface area contributed by atoms with E-state index in [2.05, 4.69) is 41.8 Å². The molecule has 0 rings (SSSR count). The highest BCUT2D eigenvalue weighted by Crippen LogP contribution is 2.14. The van der Waals surface area contributed by atoms with Gasteiger partial charge in [-0.15, -0.1) is 0 Å². The molecule has 0 N–H and O–H groups in total. The van der Waals surface area contributed by atoms with Crippen molar-refractivity contribution in [1.29, 1.82) is 0 Å². The lowest BCUT2D eigenvalue weighted by atomic mass is 10.0. The van der Waals surface area contributed by atoms with E-state index < -0.39 is 0 Å². The molecule has 0 amide bonds. The minimum absolute atomic E-state index is 0.772. The van der Waals surface area contributed by atoms with Crippen LogP contribution in [0.3, 0.4) is 0 Å². The van der Waals surface area contributed by atoms with E-state index in [4.69, 9.17) is 0 Å². The van der Waals surface area contributed by atoms with Crippen LogP contribution in [-0.4, -0.2) is 30.4 Å². The molecule has 1 nitrogen and oxygen atoms in total. The molecule has 0 radical (unpaired) electrons. The van der Waals surface area contributed by atoms with Crippen molar-refractivity contribution in [2.45, 2.75) is 83.6 Å². The van der Waals surface area contributed by atoms with Gasteiger partial charge in [0.1, 0.15) is 0 Å². The molecular formula is C16H34BrN. The Bertz CT molecular complexity index is 159. The van der Waals surface area contributed by atoms with E-state index in [-0.39, 0.29) is 0 Å². The van der Waals surface area contributed by atoms with Crippen molar-refractivity contribution >= 4 is 15.9 Å². The van der Waals surface area contributed by atoms with Crippen molar-refractivity contribution in [1.82, 2.24) is 4.90 Å². The van der Waals surface area contributed by atoms with E-state index in [9.17, 15) is 0 Å². The average Bonchev–Trinajstić information content (AvgIpc) is 2.35. The van der Waals surface area contributed by atoms with Crippen LogP contribution in [-0.2, 0) is 0 Å². The van der Waals surface area contributed by atoms with Crippen LogP contribution < -0.4 is 0 Å². The number of alkyl halides is 1. The van der Waals surface area contributed by atoms with E-state index in [1.54, 1.807) is 0 Å². The van der Waals surface area contributed by atoms with E-state index in [1.807, 2.05) is 0 Å². The highest BCUT2D eigenvalue weighted by atomic mass is 79.9. The Labute approximate surface area is 124 Å². The Morgan fingerprint density at radius 1 is 0.778 bits per heavy atom. The Hall–Kier alpha value is 0.440. The van der Waals surface area contributed by atoms with Gasteiger partial charge in [-0.3, -0.25) is 0 Å². The maximum atomic E-state index is 3.56. The highest BCUT2D eigenvalue weighted by molar-refractivity contribution is 9.09. The quantitative estimate of drug-likeness (QED) is 0.314. The van der Waals surface area contributed by atoms with Gasteiger partial charge in [-0.2, -0.15) is 0 Å². The Kier molecular flexibility index (Phi) is 14.2. The molecule has 1 unspecified atom stereocenters. The molecule has 0 bridgehead atoms. The lowest BCUT2D eigenvalue weighted by molar-refractivity contribution is 0.266. The van der Waals surface area contributed by atoms with Crippen molar-refractivity contribution in [3.05, 3.63) is 0 Å². The van der Waals surface area contributed by atoms with Crippen LogP contribution in [0.15, 0.2) is 0 Å². The minimum atomic E-state index is 0.772. The average molecular weight is 320 g/mol. The summed E-state index contributed by atoms with van der Waals surface area (Å²) in [5, 5.41) is 1.13. The molecule has 18 heavy (non-hydrogen) atoms. The Balaban J connectivity index is 3.27. The van der Waals surface area contributed by atoms with E-state index in [0.29, 0.717) is 0 Å². The van der Waals surface area contributed by atoms with Gasteiger partial charge in [-0.1, -0.05) is 80.6 Å². The molecule has 0 saturated heterocycles. The van der Waals surface area contributed by atoms with Crippen LogP contribution in [0.2, 0.25) is 0 Å². The van der Waals surface area contributed by atoms with Gasteiger partial charge in [0.15, 0.2) is 0 Å². The second-order valence-corrected chi connectivity index (χ2v) is 6.51. The predicted molar refractivity (Wildman–Crippen MR) is 87.7 cm³/mol. The van der Waals surface area contributed by atoms with Crippen molar-refractivity contribution in [2.75, 3.05) is 19.4 Å². The third kappa shape index (κ3) is 11.5. The van der Waals surface area contributed by atoms with Gasteiger partial charge in [-0.05, 0) is 26.9 Å². The van der Waals surface area contributed by atoms with Crippen LogP contribution in [0.25, 0.3) is 0 Å². The lowest BCUT2D eigenvalue weighted by Gasteiger charge is -2.23.